The van der Waals surface area contributed by atoms with Gasteiger partial charge in [0.2, 0.25) is 0 Å². The second-order valence-electron chi connectivity index (χ2n) is 9.10. The number of hydrogen-bond donors (Lipinski definition) is 1. The van der Waals surface area contributed by atoms with Crippen molar-refractivity contribution >= 4 is 6.09 Å². The fourth-order valence-electron chi connectivity index (χ4n) is 5.60. The third kappa shape index (κ3) is 3.85. The van der Waals surface area contributed by atoms with Gasteiger partial charge in [0, 0.05) is 6.54 Å². The first kappa shape index (κ1) is 19.6. The van der Waals surface area contributed by atoms with Crippen LogP contribution in [0.5, 0.6) is 0 Å². The molecule has 1 unspecified atom stereocenters. The molecule has 30 heavy (non-hydrogen) atoms. The highest BCUT2D eigenvalue weighted by Gasteiger charge is 2.37. The maximum absolute atomic E-state index is 12.7. The van der Waals surface area contributed by atoms with E-state index in [0.29, 0.717) is 5.92 Å². The summed E-state index contributed by atoms with van der Waals surface area (Å²) in [7, 11) is 0. The lowest BCUT2D eigenvalue weighted by molar-refractivity contribution is -0.0340. The van der Waals surface area contributed by atoms with E-state index in [1.807, 2.05) is 0 Å². The molecular weight excluding hydrogens is 372 g/mol. The van der Waals surface area contributed by atoms with E-state index in [0.717, 1.165) is 58.2 Å². The number of amides is 1. The van der Waals surface area contributed by atoms with E-state index < -0.39 is 0 Å². The molecular formula is C26H32N2O2. The van der Waals surface area contributed by atoms with Gasteiger partial charge in [-0.25, -0.2) is 4.79 Å². The molecule has 0 radical (unpaired) electrons. The molecule has 2 aromatic rings. The molecule has 6 rings (SSSR count). The van der Waals surface area contributed by atoms with E-state index >= 15 is 0 Å². The third-order valence-electron chi connectivity index (χ3n) is 7.31. The smallest absolute Gasteiger partial charge is 0.407 e. The molecule has 1 amide bonds. The third-order valence-corrected chi connectivity index (χ3v) is 7.31. The highest BCUT2D eigenvalue weighted by atomic mass is 16.6. The van der Waals surface area contributed by atoms with Gasteiger partial charge in [0.15, 0.2) is 0 Å². The Bertz CT molecular complexity index is 917. The molecule has 2 atom stereocenters. The van der Waals surface area contributed by atoms with Gasteiger partial charge in [0.05, 0.1) is 6.04 Å². The maximum atomic E-state index is 12.7. The number of carbonyl (C=O) groups is 1. The van der Waals surface area contributed by atoms with Gasteiger partial charge in [-0.2, -0.15) is 0 Å². The summed E-state index contributed by atoms with van der Waals surface area (Å²) in [5, 5.41) is 3.18. The summed E-state index contributed by atoms with van der Waals surface area (Å²) in [6.45, 7) is 5.43. The molecule has 2 bridgehead atoms. The molecule has 1 aliphatic carbocycles. The number of carbonyl (C=O) groups excluding carboxylic acids is 1. The molecule has 2 aromatic carbocycles. The van der Waals surface area contributed by atoms with E-state index in [2.05, 4.69) is 59.6 Å². The summed E-state index contributed by atoms with van der Waals surface area (Å²) in [4.78, 5) is 15.1. The van der Waals surface area contributed by atoms with Crippen LogP contribution in [0.3, 0.4) is 0 Å². The molecule has 4 heteroatoms. The highest BCUT2D eigenvalue weighted by Crippen LogP contribution is 2.35. The molecule has 0 aromatic heterocycles. The van der Waals surface area contributed by atoms with E-state index in [1.165, 1.54) is 27.8 Å². The van der Waals surface area contributed by atoms with E-state index in [1.54, 1.807) is 0 Å². The normalized spacial score (nSPS) is 27.4. The number of fused-ring (bicyclic) bond motifs is 4. The van der Waals surface area contributed by atoms with Gasteiger partial charge < -0.3 is 10.1 Å². The number of ether oxygens (including phenoxy) is 1. The zero-order chi connectivity index (χ0) is 20.5. The molecule has 3 fully saturated rings. The van der Waals surface area contributed by atoms with Gasteiger partial charge in [-0.3, -0.25) is 4.90 Å². The minimum absolute atomic E-state index is 0.0535. The van der Waals surface area contributed by atoms with Crippen molar-refractivity contribution < 1.29 is 9.53 Å². The van der Waals surface area contributed by atoms with Crippen molar-refractivity contribution in [3.63, 3.8) is 0 Å². The fourth-order valence-corrected chi connectivity index (χ4v) is 5.60. The number of aryl methyl sites for hydroxylation is 2. The number of nitrogens with zero attached hydrogens (tertiary/aromatic N) is 1. The van der Waals surface area contributed by atoms with Crippen molar-refractivity contribution in [2.24, 2.45) is 5.92 Å². The van der Waals surface area contributed by atoms with Crippen molar-refractivity contribution in [2.45, 2.75) is 57.6 Å². The van der Waals surface area contributed by atoms with Crippen LogP contribution in [-0.4, -0.2) is 36.7 Å². The van der Waals surface area contributed by atoms with Crippen LogP contribution in [0.2, 0.25) is 0 Å². The van der Waals surface area contributed by atoms with Gasteiger partial charge >= 0.3 is 6.09 Å². The van der Waals surface area contributed by atoms with Crippen molar-refractivity contribution in [3.05, 3.63) is 59.2 Å². The van der Waals surface area contributed by atoms with Crippen LogP contribution in [0.4, 0.5) is 4.79 Å². The number of nitrogens with one attached hydrogen (secondary N) is 1. The van der Waals surface area contributed by atoms with E-state index in [-0.39, 0.29) is 18.2 Å². The second-order valence-corrected chi connectivity index (χ2v) is 9.10. The lowest BCUT2D eigenvalue weighted by atomic mass is 9.85. The average molecular weight is 405 g/mol. The van der Waals surface area contributed by atoms with Gasteiger partial charge in [0.1, 0.15) is 6.10 Å². The van der Waals surface area contributed by atoms with Crippen molar-refractivity contribution in [3.8, 4) is 11.1 Å². The fraction of sp³-hybridized carbons (Fsp3) is 0.500. The Balaban J connectivity index is 1.30. The number of rotatable bonds is 4. The Hall–Kier alpha value is -2.33. The van der Waals surface area contributed by atoms with Crippen LogP contribution in [0.1, 0.15) is 55.3 Å². The second kappa shape index (κ2) is 8.43. The van der Waals surface area contributed by atoms with Crippen LogP contribution in [0.25, 0.3) is 11.1 Å². The SMILES string of the molecule is CCc1ccccc1-c1ccc2c(c1)CCCC2NC(=O)O[C@H]1CN2CCC1CC2. The Morgan fingerprint density at radius 2 is 1.97 bits per heavy atom. The largest absolute Gasteiger partial charge is 0.445 e. The molecule has 1 N–H and O–H groups in total. The van der Waals surface area contributed by atoms with Gasteiger partial charge in [-0.05, 0) is 85.3 Å². The minimum atomic E-state index is -0.244. The molecule has 3 saturated heterocycles. The number of piperidine rings is 3. The first-order chi connectivity index (χ1) is 14.7. The topological polar surface area (TPSA) is 41.6 Å². The van der Waals surface area contributed by atoms with Gasteiger partial charge in [-0.1, -0.05) is 49.4 Å². The molecule has 4 nitrogen and oxygen atoms in total. The molecule has 0 spiro atoms. The first-order valence-corrected chi connectivity index (χ1v) is 11.6. The highest BCUT2D eigenvalue weighted by molar-refractivity contribution is 5.70. The Kier molecular flexibility index (Phi) is 5.51. The molecule has 4 aliphatic rings. The summed E-state index contributed by atoms with van der Waals surface area (Å²) < 4.78 is 5.87. The Labute approximate surface area is 179 Å². The van der Waals surface area contributed by atoms with Crippen LogP contribution >= 0.6 is 0 Å². The zero-order valence-corrected chi connectivity index (χ0v) is 17.9. The Morgan fingerprint density at radius 1 is 1.13 bits per heavy atom. The molecule has 0 saturated carbocycles. The lowest BCUT2D eigenvalue weighted by Crippen LogP contribution is -2.52. The predicted octanol–water partition coefficient (Wildman–Crippen LogP) is 5.11. The van der Waals surface area contributed by atoms with E-state index in [4.69, 9.17) is 4.74 Å². The summed E-state index contributed by atoms with van der Waals surface area (Å²) in [5.41, 5.74) is 6.59. The van der Waals surface area contributed by atoms with Crippen molar-refractivity contribution in [1.82, 2.24) is 10.2 Å². The van der Waals surface area contributed by atoms with Crippen LogP contribution < -0.4 is 5.32 Å². The first-order valence-electron chi connectivity index (χ1n) is 11.6. The van der Waals surface area contributed by atoms with Gasteiger partial charge in [0.25, 0.3) is 0 Å². The summed E-state index contributed by atoms with van der Waals surface area (Å²) in [6.07, 6.45) is 6.31. The van der Waals surface area contributed by atoms with E-state index in [9.17, 15) is 4.79 Å². The maximum Gasteiger partial charge on any atom is 0.407 e. The van der Waals surface area contributed by atoms with Crippen LogP contribution in [-0.2, 0) is 17.6 Å². The Morgan fingerprint density at radius 3 is 2.73 bits per heavy atom. The molecule has 3 heterocycles. The zero-order valence-electron chi connectivity index (χ0n) is 17.9. The number of hydrogen-bond acceptors (Lipinski definition) is 3. The monoisotopic (exact) mass is 404 g/mol. The van der Waals surface area contributed by atoms with Crippen LogP contribution in [0.15, 0.2) is 42.5 Å². The van der Waals surface area contributed by atoms with Crippen LogP contribution in [0, 0.1) is 5.92 Å². The van der Waals surface area contributed by atoms with Crippen molar-refractivity contribution in [2.75, 3.05) is 19.6 Å². The number of alkyl carbamates (subject to hydrolysis) is 1. The van der Waals surface area contributed by atoms with Gasteiger partial charge in [-0.15, -0.1) is 0 Å². The summed E-state index contributed by atoms with van der Waals surface area (Å²) in [5.74, 6) is 0.542. The summed E-state index contributed by atoms with van der Waals surface area (Å²) in [6, 6.07) is 15.5. The molecule has 3 aliphatic heterocycles. The number of benzene rings is 2. The quantitative estimate of drug-likeness (QED) is 0.770. The predicted molar refractivity (Wildman–Crippen MR) is 120 cm³/mol. The molecule has 158 valence electrons. The lowest BCUT2D eigenvalue weighted by Gasteiger charge is -2.44. The van der Waals surface area contributed by atoms with Crippen molar-refractivity contribution in [1.29, 1.82) is 0 Å². The standard InChI is InChI=1S/C26H32N2O2/c1-2-18-6-3-4-8-22(18)21-10-11-23-20(16-21)7-5-9-24(23)27-26(29)30-25-17-28-14-12-19(25)13-15-28/h3-4,6,8,10-11,16,19,24-25H,2,5,7,9,12-15,17H2,1H3,(H,27,29)/t24?,25-/m0/s1. The summed E-state index contributed by atoms with van der Waals surface area (Å²) >= 11 is 0. The minimum Gasteiger partial charge on any atom is -0.445 e. The average Bonchev–Trinajstić information content (AvgIpc) is 2.79.